The Bertz CT molecular complexity index is 946. The minimum Gasteiger partial charge on any atom is -0.405 e. The maximum absolute atomic E-state index is 12.6. The average Bonchev–Trinajstić information content (AvgIpc) is 2.72. The number of aliphatic hydroxyl groups excluding tert-OH is 1. The number of aliphatic hydroxyl groups is 1. The van der Waals surface area contributed by atoms with Crippen LogP contribution < -0.4 is 21.1 Å². The molecule has 3 atom stereocenters. The third-order valence-corrected chi connectivity index (χ3v) is 5.14. The summed E-state index contributed by atoms with van der Waals surface area (Å²) in [5, 5.41) is 26.9. The molecule has 1 saturated carbocycles. The number of anilines is 2. The molecule has 1 aromatic heterocycles. The molecule has 0 bridgehead atoms. The molecule has 0 saturated heterocycles. The number of halogens is 3. The average molecular weight is 456 g/mol. The lowest BCUT2D eigenvalue weighted by Gasteiger charge is -2.30. The van der Waals surface area contributed by atoms with E-state index in [1.165, 1.54) is 18.2 Å². The van der Waals surface area contributed by atoms with Crippen LogP contribution in [-0.4, -0.2) is 45.1 Å². The van der Waals surface area contributed by atoms with Crippen LogP contribution in [0.25, 0.3) is 0 Å². The van der Waals surface area contributed by atoms with Gasteiger partial charge in [-0.1, -0.05) is 18.2 Å². The number of nitrogens with two attached hydrogens (primary N) is 1. The van der Waals surface area contributed by atoms with E-state index in [9.17, 15) is 28.4 Å². The van der Waals surface area contributed by atoms with Crippen LogP contribution in [0.5, 0.6) is 5.75 Å². The number of benzene rings is 1. The Kier molecular flexibility index (Phi) is 7.30. The smallest absolute Gasteiger partial charge is 0.405 e. The third kappa shape index (κ3) is 6.40. The van der Waals surface area contributed by atoms with Crippen molar-refractivity contribution in [2.45, 2.75) is 44.3 Å². The van der Waals surface area contributed by atoms with Gasteiger partial charge in [-0.2, -0.15) is 4.98 Å². The highest BCUT2D eigenvalue weighted by atomic mass is 19.4. The molecular formula is C19H23F3N6O4. The highest BCUT2D eigenvalue weighted by Crippen LogP contribution is 2.28. The summed E-state index contributed by atoms with van der Waals surface area (Å²) in [5.74, 6) is -0.355. The van der Waals surface area contributed by atoms with Gasteiger partial charge in [0, 0.05) is 24.7 Å². The Labute approximate surface area is 181 Å². The summed E-state index contributed by atoms with van der Waals surface area (Å²) in [6.45, 7) is 0.236. The van der Waals surface area contributed by atoms with E-state index >= 15 is 0 Å². The van der Waals surface area contributed by atoms with Gasteiger partial charge in [-0.05, 0) is 31.2 Å². The SMILES string of the molecule is N[C@H]1CC[C@H](CNc2nc(NCc3ccccc3OC(F)(F)F)ncc2[N+](=O)[O-])C[C@H]1O. The molecule has 0 spiro atoms. The number of para-hydroxylation sites is 1. The molecule has 174 valence electrons. The lowest BCUT2D eigenvalue weighted by molar-refractivity contribution is -0.384. The van der Waals surface area contributed by atoms with Crippen LogP contribution in [0.2, 0.25) is 0 Å². The number of hydrogen-bond donors (Lipinski definition) is 4. The standard InChI is InChI=1S/C19H23F3N6O4/c20-19(21,22)32-16-4-2-1-3-12(16)9-25-18-26-10-14(28(30)31)17(27-18)24-8-11-5-6-13(23)15(29)7-11/h1-4,10-11,13,15,29H,5-9,23H2,(H2,24,25,26,27)/t11-,13-,15+/m0/s1. The summed E-state index contributed by atoms with van der Waals surface area (Å²) in [4.78, 5) is 18.7. The predicted octanol–water partition coefficient (Wildman–Crippen LogP) is 2.80. The van der Waals surface area contributed by atoms with Crippen LogP contribution in [0.3, 0.4) is 0 Å². The second-order valence-corrected chi connectivity index (χ2v) is 7.48. The molecule has 10 nitrogen and oxygen atoms in total. The van der Waals surface area contributed by atoms with Crippen LogP contribution in [0.1, 0.15) is 24.8 Å². The first-order valence-corrected chi connectivity index (χ1v) is 9.89. The summed E-state index contributed by atoms with van der Waals surface area (Å²) >= 11 is 0. The summed E-state index contributed by atoms with van der Waals surface area (Å²) in [5.41, 5.74) is 5.66. The first kappa shape index (κ1) is 23.5. The second-order valence-electron chi connectivity index (χ2n) is 7.48. The first-order chi connectivity index (χ1) is 15.1. The zero-order valence-corrected chi connectivity index (χ0v) is 16.9. The number of ether oxygens (including phenoxy) is 1. The number of nitrogens with one attached hydrogen (secondary N) is 2. The molecule has 0 unspecified atom stereocenters. The third-order valence-electron chi connectivity index (χ3n) is 5.14. The van der Waals surface area contributed by atoms with Gasteiger partial charge in [0.25, 0.3) is 0 Å². The summed E-state index contributed by atoms with van der Waals surface area (Å²) in [6.07, 6.45) is -2.59. The minimum absolute atomic E-state index is 0.00869. The van der Waals surface area contributed by atoms with E-state index in [2.05, 4.69) is 25.3 Å². The van der Waals surface area contributed by atoms with E-state index in [1.807, 2.05) is 0 Å². The number of alkyl halides is 3. The van der Waals surface area contributed by atoms with Gasteiger partial charge in [0.05, 0.1) is 11.0 Å². The summed E-state index contributed by atoms with van der Waals surface area (Å²) in [6, 6.07) is 5.30. The molecule has 5 N–H and O–H groups in total. The van der Waals surface area contributed by atoms with Crippen molar-refractivity contribution in [2.24, 2.45) is 11.7 Å². The minimum atomic E-state index is -4.84. The Morgan fingerprint density at radius 2 is 2.03 bits per heavy atom. The fraction of sp³-hybridized carbons (Fsp3) is 0.474. The molecule has 1 fully saturated rings. The number of hydrogen-bond acceptors (Lipinski definition) is 9. The van der Waals surface area contributed by atoms with Gasteiger partial charge < -0.3 is 26.2 Å². The number of nitrogens with zero attached hydrogens (tertiary/aromatic N) is 3. The van der Waals surface area contributed by atoms with Crippen molar-refractivity contribution >= 4 is 17.5 Å². The molecule has 0 radical (unpaired) electrons. The van der Waals surface area contributed by atoms with Gasteiger partial charge in [-0.25, -0.2) is 4.98 Å². The van der Waals surface area contributed by atoms with Crippen molar-refractivity contribution in [2.75, 3.05) is 17.2 Å². The second kappa shape index (κ2) is 9.96. The van der Waals surface area contributed by atoms with E-state index in [0.29, 0.717) is 19.4 Å². The maximum atomic E-state index is 12.6. The van der Waals surface area contributed by atoms with Gasteiger partial charge in [0.15, 0.2) is 0 Å². The van der Waals surface area contributed by atoms with Gasteiger partial charge in [-0.3, -0.25) is 10.1 Å². The molecule has 0 aliphatic heterocycles. The van der Waals surface area contributed by atoms with Crippen molar-refractivity contribution in [1.82, 2.24) is 9.97 Å². The highest BCUT2D eigenvalue weighted by Gasteiger charge is 2.32. The number of aromatic nitrogens is 2. The van der Waals surface area contributed by atoms with Crippen LogP contribution in [0, 0.1) is 16.0 Å². The largest absolute Gasteiger partial charge is 0.573 e. The van der Waals surface area contributed by atoms with Gasteiger partial charge in [-0.15, -0.1) is 13.2 Å². The van der Waals surface area contributed by atoms with Crippen LogP contribution in [0.4, 0.5) is 30.6 Å². The molecule has 1 aliphatic carbocycles. The van der Waals surface area contributed by atoms with E-state index in [0.717, 1.165) is 12.6 Å². The van der Waals surface area contributed by atoms with Crippen LogP contribution in [0.15, 0.2) is 30.5 Å². The molecule has 3 rings (SSSR count). The fourth-order valence-electron chi connectivity index (χ4n) is 3.45. The number of rotatable bonds is 8. The van der Waals surface area contributed by atoms with Crippen molar-refractivity contribution in [3.05, 3.63) is 46.1 Å². The first-order valence-electron chi connectivity index (χ1n) is 9.89. The van der Waals surface area contributed by atoms with E-state index < -0.39 is 17.4 Å². The summed E-state index contributed by atoms with van der Waals surface area (Å²) < 4.78 is 41.7. The van der Waals surface area contributed by atoms with Gasteiger partial charge in [0.1, 0.15) is 11.9 Å². The van der Waals surface area contributed by atoms with Crippen molar-refractivity contribution in [3.8, 4) is 5.75 Å². The van der Waals surface area contributed by atoms with Crippen molar-refractivity contribution in [1.29, 1.82) is 0 Å². The zero-order valence-electron chi connectivity index (χ0n) is 16.9. The van der Waals surface area contributed by atoms with E-state index in [4.69, 9.17) is 5.73 Å². The monoisotopic (exact) mass is 456 g/mol. The Balaban J connectivity index is 1.69. The molecule has 1 heterocycles. The zero-order chi connectivity index (χ0) is 23.3. The molecule has 32 heavy (non-hydrogen) atoms. The highest BCUT2D eigenvalue weighted by molar-refractivity contribution is 5.57. The lowest BCUT2D eigenvalue weighted by atomic mass is 9.84. The van der Waals surface area contributed by atoms with Crippen LogP contribution >= 0.6 is 0 Å². The Morgan fingerprint density at radius 3 is 2.72 bits per heavy atom. The van der Waals surface area contributed by atoms with Gasteiger partial charge >= 0.3 is 12.0 Å². The van der Waals surface area contributed by atoms with Crippen molar-refractivity contribution < 1.29 is 27.9 Å². The van der Waals surface area contributed by atoms with Gasteiger partial charge in [0.2, 0.25) is 11.8 Å². The van der Waals surface area contributed by atoms with Crippen molar-refractivity contribution in [3.63, 3.8) is 0 Å². The molecule has 1 aliphatic rings. The number of nitro groups is 1. The molecule has 0 amide bonds. The van der Waals surface area contributed by atoms with E-state index in [1.54, 1.807) is 6.07 Å². The quantitative estimate of drug-likeness (QED) is 0.347. The molecular weight excluding hydrogens is 433 g/mol. The fourth-order valence-corrected chi connectivity index (χ4v) is 3.45. The Morgan fingerprint density at radius 1 is 1.28 bits per heavy atom. The maximum Gasteiger partial charge on any atom is 0.573 e. The topological polar surface area (TPSA) is 148 Å². The normalized spacial score (nSPS) is 21.1. The van der Waals surface area contributed by atoms with Crippen LogP contribution in [-0.2, 0) is 6.54 Å². The molecule has 2 aromatic rings. The molecule has 1 aromatic carbocycles. The Hall–Kier alpha value is -3.19. The lowest BCUT2D eigenvalue weighted by Crippen LogP contribution is -2.41. The summed E-state index contributed by atoms with van der Waals surface area (Å²) in [7, 11) is 0. The predicted molar refractivity (Wildman–Crippen MR) is 109 cm³/mol. The molecule has 13 heteroatoms. The van der Waals surface area contributed by atoms with E-state index in [-0.39, 0.29) is 47.3 Å².